The Kier molecular flexibility index (Phi) is 5.03. The van der Waals surface area contributed by atoms with E-state index in [0.29, 0.717) is 23.8 Å². The van der Waals surface area contributed by atoms with Crippen LogP contribution in [0.15, 0.2) is 16.2 Å². The van der Waals surface area contributed by atoms with Gasteiger partial charge in [0.15, 0.2) is 4.96 Å². The second-order valence-electron chi connectivity index (χ2n) is 5.39. The van der Waals surface area contributed by atoms with Gasteiger partial charge in [-0.1, -0.05) is 0 Å². The molecule has 0 spiro atoms. The van der Waals surface area contributed by atoms with Gasteiger partial charge >= 0.3 is 5.97 Å². The Morgan fingerprint density at radius 1 is 1.52 bits per heavy atom. The van der Waals surface area contributed by atoms with Crippen LogP contribution in [0.25, 0.3) is 4.96 Å². The first-order valence-electron chi connectivity index (χ1n) is 7.55. The maximum Gasteiger partial charge on any atom is 0.324 e. The molecule has 0 saturated carbocycles. The van der Waals surface area contributed by atoms with Crippen LogP contribution in [-0.4, -0.2) is 51.0 Å². The first-order valence-corrected chi connectivity index (χ1v) is 9.58. The van der Waals surface area contributed by atoms with E-state index in [2.05, 4.69) is 9.88 Å². The van der Waals surface area contributed by atoms with Crippen LogP contribution in [0, 0.1) is 6.92 Å². The zero-order chi connectivity index (χ0) is 16.4. The maximum atomic E-state index is 12.3. The van der Waals surface area contributed by atoms with Crippen molar-refractivity contribution in [1.82, 2.24) is 14.3 Å². The molecule has 1 fully saturated rings. The van der Waals surface area contributed by atoms with Crippen LogP contribution < -0.4 is 5.56 Å². The third-order valence-electron chi connectivity index (χ3n) is 3.79. The van der Waals surface area contributed by atoms with Crippen LogP contribution in [0.2, 0.25) is 0 Å². The molecule has 0 radical (unpaired) electrons. The van der Waals surface area contributed by atoms with E-state index in [4.69, 9.17) is 4.74 Å². The fourth-order valence-electron chi connectivity index (χ4n) is 2.67. The van der Waals surface area contributed by atoms with E-state index in [0.717, 1.165) is 23.7 Å². The number of thiazole rings is 1. The molecule has 0 amide bonds. The lowest BCUT2D eigenvalue weighted by molar-refractivity contribution is -0.148. The molecule has 0 unspecified atom stereocenters. The van der Waals surface area contributed by atoms with Crippen molar-refractivity contribution in [3.8, 4) is 0 Å². The van der Waals surface area contributed by atoms with Crippen molar-refractivity contribution < 1.29 is 9.53 Å². The second-order valence-corrected chi connectivity index (χ2v) is 7.38. The van der Waals surface area contributed by atoms with Crippen LogP contribution in [0.4, 0.5) is 0 Å². The van der Waals surface area contributed by atoms with Crippen molar-refractivity contribution in [2.75, 3.05) is 24.7 Å². The highest BCUT2D eigenvalue weighted by atomic mass is 32.2. The Morgan fingerprint density at radius 2 is 2.35 bits per heavy atom. The highest BCUT2D eigenvalue weighted by Crippen LogP contribution is 2.20. The zero-order valence-corrected chi connectivity index (χ0v) is 14.8. The van der Waals surface area contributed by atoms with Gasteiger partial charge in [-0.2, -0.15) is 11.8 Å². The van der Waals surface area contributed by atoms with Crippen LogP contribution >= 0.6 is 23.1 Å². The summed E-state index contributed by atoms with van der Waals surface area (Å²) in [5.41, 5.74) is 1.54. The number of fused-ring (bicyclic) bond motifs is 1. The fourth-order valence-corrected chi connectivity index (χ4v) is 4.66. The molecule has 1 atom stereocenters. The van der Waals surface area contributed by atoms with Gasteiger partial charge in [-0.15, -0.1) is 11.3 Å². The lowest BCUT2D eigenvalue weighted by atomic mass is 10.2. The van der Waals surface area contributed by atoms with Gasteiger partial charge in [0.2, 0.25) is 0 Å². The molecular weight excluding hydrogens is 334 g/mol. The summed E-state index contributed by atoms with van der Waals surface area (Å²) >= 11 is 3.21. The number of carbonyl (C=O) groups is 1. The largest absolute Gasteiger partial charge is 0.465 e. The third-order valence-corrected chi connectivity index (χ3v) is 5.76. The minimum absolute atomic E-state index is 0.0668. The summed E-state index contributed by atoms with van der Waals surface area (Å²) in [5, 5.41) is 1.92. The highest BCUT2D eigenvalue weighted by Gasteiger charge is 2.30. The van der Waals surface area contributed by atoms with Gasteiger partial charge in [0.25, 0.3) is 5.56 Å². The summed E-state index contributed by atoms with van der Waals surface area (Å²) in [7, 11) is 0. The molecule has 0 bridgehead atoms. The van der Waals surface area contributed by atoms with Gasteiger partial charge in [0, 0.05) is 41.7 Å². The van der Waals surface area contributed by atoms with Crippen molar-refractivity contribution in [3.63, 3.8) is 0 Å². The molecule has 1 aliphatic rings. The number of esters is 1. The van der Waals surface area contributed by atoms with Gasteiger partial charge in [-0.3, -0.25) is 18.9 Å². The molecule has 1 saturated heterocycles. The molecule has 3 heterocycles. The average molecular weight is 353 g/mol. The van der Waals surface area contributed by atoms with E-state index in [1.165, 1.54) is 11.3 Å². The minimum atomic E-state index is -0.265. The number of ether oxygens (including phenoxy) is 1. The quantitative estimate of drug-likeness (QED) is 0.777. The summed E-state index contributed by atoms with van der Waals surface area (Å²) < 4.78 is 6.78. The maximum absolute atomic E-state index is 12.3. The van der Waals surface area contributed by atoms with E-state index in [1.807, 2.05) is 19.2 Å². The Labute approximate surface area is 142 Å². The van der Waals surface area contributed by atoms with Crippen LogP contribution in [0.5, 0.6) is 0 Å². The molecule has 0 aromatic carbocycles. The SMILES string of the molecule is CCOC(=O)[C@@H]1CSCCN1Cc1cc(=O)n2c(C)csc2n1. The van der Waals surface area contributed by atoms with Crippen LogP contribution in [0.1, 0.15) is 18.3 Å². The van der Waals surface area contributed by atoms with Crippen LogP contribution in [-0.2, 0) is 16.1 Å². The fraction of sp³-hybridized carbons (Fsp3) is 0.533. The summed E-state index contributed by atoms with van der Waals surface area (Å²) in [6.45, 7) is 5.37. The topological polar surface area (TPSA) is 63.9 Å². The lowest BCUT2D eigenvalue weighted by Gasteiger charge is -2.33. The van der Waals surface area contributed by atoms with E-state index < -0.39 is 0 Å². The molecule has 1 aliphatic heterocycles. The molecule has 3 rings (SSSR count). The molecule has 2 aromatic heterocycles. The summed E-state index contributed by atoms with van der Waals surface area (Å²) in [6.07, 6.45) is 0. The smallest absolute Gasteiger partial charge is 0.324 e. The van der Waals surface area contributed by atoms with Crippen molar-refractivity contribution in [2.24, 2.45) is 0 Å². The Bertz CT molecular complexity index is 771. The number of aromatic nitrogens is 2. The summed E-state index contributed by atoms with van der Waals surface area (Å²) in [5.74, 6) is 1.50. The molecular formula is C15H19N3O3S2. The second kappa shape index (κ2) is 7.02. The van der Waals surface area contributed by atoms with Crippen molar-refractivity contribution in [1.29, 1.82) is 0 Å². The van der Waals surface area contributed by atoms with Crippen molar-refractivity contribution in [3.05, 3.63) is 33.2 Å². The molecule has 6 nitrogen and oxygen atoms in total. The van der Waals surface area contributed by atoms with Crippen molar-refractivity contribution >= 4 is 34.0 Å². The molecule has 23 heavy (non-hydrogen) atoms. The molecule has 2 aromatic rings. The number of hydrogen-bond donors (Lipinski definition) is 0. The van der Waals surface area contributed by atoms with Gasteiger partial charge in [-0.25, -0.2) is 4.98 Å². The third kappa shape index (κ3) is 3.44. The highest BCUT2D eigenvalue weighted by molar-refractivity contribution is 7.99. The van der Waals surface area contributed by atoms with E-state index in [-0.39, 0.29) is 17.6 Å². The van der Waals surface area contributed by atoms with Gasteiger partial charge in [-0.05, 0) is 13.8 Å². The predicted octanol–water partition coefficient (Wildman–Crippen LogP) is 1.54. The number of thioether (sulfide) groups is 1. The Balaban J connectivity index is 1.84. The first kappa shape index (κ1) is 16.5. The monoisotopic (exact) mass is 353 g/mol. The standard InChI is InChI=1S/C15H19N3O3S2/c1-3-21-14(20)12-9-22-5-4-17(12)7-11-6-13(19)18-10(2)8-23-15(18)16-11/h6,8,12H,3-5,7,9H2,1-2H3/t12-/m0/s1. The number of rotatable bonds is 4. The van der Waals surface area contributed by atoms with Crippen LogP contribution in [0.3, 0.4) is 0 Å². The average Bonchev–Trinajstić information content (AvgIpc) is 2.89. The number of aryl methyl sites for hydroxylation is 1. The van der Waals surface area contributed by atoms with E-state index in [9.17, 15) is 9.59 Å². The molecule has 0 aliphatic carbocycles. The molecule has 124 valence electrons. The summed E-state index contributed by atoms with van der Waals surface area (Å²) in [4.78, 5) is 31.7. The number of hydrogen-bond acceptors (Lipinski definition) is 7. The Hall–Kier alpha value is -1.38. The Morgan fingerprint density at radius 3 is 3.13 bits per heavy atom. The first-order chi connectivity index (χ1) is 11.1. The van der Waals surface area contributed by atoms with Gasteiger partial charge in [0.05, 0.1) is 12.3 Å². The predicted molar refractivity (Wildman–Crippen MR) is 92.2 cm³/mol. The van der Waals surface area contributed by atoms with E-state index >= 15 is 0 Å². The zero-order valence-electron chi connectivity index (χ0n) is 13.2. The number of carbonyl (C=O) groups excluding carboxylic acids is 1. The van der Waals surface area contributed by atoms with Crippen molar-refractivity contribution in [2.45, 2.75) is 26.4 Å². The summed E-state index contributed by atoms with van der Waals surface area (Å²) in [6, 6.07) is 1.30. The van der Waals surface area contributed by atoms with Gasteiger partial charge in [0.1, 0.15) is 6.04 Å². The van der Waals surface area contributed by atoms with E-state index in [1.54, 1.807) is 22.2 Å². The minimum Gasteiger partial charge on any atom is -0.465 e. The lowest BCUT2D eigenvalue weighted by Crippen LogP contribution is -2.47. The molecule has 0 N–H and O–H groups in total. The molecule has 8 heteroatoms. The number of nitrogens with zero attached hydrogens (tertiary/aromatic N) is 3. The normalized spacial score (nSPS) is 19.1. The van der Waals surface area contributed by atoms with Gasteiger partial charge < -0.3 is 4.74 Å².